The van der Waals surface area contributed by atoms with Gasteiger partial charge in [0.2, 0.25) is 5.95 Å². The maximum atomic E-state index is 13.3. The summed E-state index contributed by atoms with van der Waals surface area (Å²) < 4.78 is 45.1. The highest BCUT2D eigenvalue weighted by atomic mass is 19.4. The Labute approximate surface area is 135 Å². The summed E-state index contributed by atoms with van der Waals surface area (Å²) in [6, 6.07) is 2.24. The second kappa shape index (κ2) is 6.11. The first-order chi connectivity index (χ1) is 11.3. The summed E-state index contributed by atoms with van der Waals surface area (Å²) in [6.45, 7) is 2.16. The Morgan fingerprint density at radius 3 is 2.46 bits per heavy atom. The normalized spacial score (nSPS) is 15.5. The molecule has 24 heavy (non-hydrogen) atoms. The monoisotopic (exact) mass is 340 g/mol. The Balaban J connectivity index is 2.08. The zero-order valence-electron chi connectivity index (χ0n) is 12.5. The summed E-state index contributed by atoms with van der Waals surface area (Å²) in [7, 11) is 0. The summed E-state index contributed by atoms with van der Waals surface area (Å²) in [5.41, 5.74) is 10.0. The third-order valence-electron chi connectivity index (χ3n) is 3.57. The zero-order chi connectivity index (χ0) is 17.3. The van der Waals surface area contributed by atoms with Crippen LogP contribution in [0.5, 0.6) is 0 Å². The molecule has 0 atom stereocenters. The molecule has 3 rings (SSSR count). The lowest BCUT2D eigenvalue weighted by molar-refractivity contribution is -0.137. The number of alkyl halides is 3. The van der Waals surface area contributed by atoms with Crippen molar-refractivity contribution in [2.75, 3.05) is 42.7 Å². The van der Waals surface area contributed by atoms with E-state index in [1.54, 1.807) is 0 Å². The van der Waals surface area contributed by atoms with Crippen molar-refractivity contribution < 1.29 is 17.9 Å². The molecule has 128 valence electrons. The first kappa shape index (κ1) is 16.2. The molecule has 0 radical (unpaired) electrons. The number of anilines is 3. The van der Waals surface area contributed by atoms with Gasteiger partial charge in [0.25, 0.3) is 0 Å². The van der Waals surface area contributed by atoms with Gasteiger partial charge in [-0.2, -0.15) is 18.2 Å². The molecule has 0 bridgehead atoms. The van der Waals surface area contributed by atoms with Crippen LogP contribution in [0.2, 0.25) is 0 Å². The van der Waals surface area contributed by atoms with Gasteiger partial charge < -0.3 is 21.1 Å². The van der Waals surface area contributed by atoms with E-state index in [1.165, 1.54) is 6.07 Å². The number of hydrogen-bond acceptors (Lipinski definition) is 7. The Kier molecular flexibility index (Phi) is 4.14. The number of ether oxygens (including phenoxy) is 1. The molecule has 1 aliphatic heterocycles. The Hall–Kier alpha value is -2.62. The zero-order valence-corrected chi connectivity index (χ0v) is 12.5. The molecule has 10 heteroatoms. The number of hydrogen-bond donors (Lipinski definition) is 2. The van der Waals surface area contributed by atoms with E-state index in [0.29, 0.717) is 32.1 Å². The molecule has 3 heterocycles. The number of halogens is 3. The standard InChI is InChI=1S/C14H15F3N6O/c15-14(16,17)9-5-11(18)20-7-8(9)10-6-12(22-13(19)21-10)23-1-3-24-4-2-23/h5-7H,1-4H2,(H2,18,20)(H2,19,21,22). The van der Waals surface area contributed by atoms with Crippen LogP contribution in [0.1, 0.15) is 5.56 Å². The van der Waals surface area contributed by atoms with Crippen LogP contribution in [0.4, 0.5) is 30.8 Å². The number of nitrogens with two attached hydrogens (primary N) is 2. The van der Waals surface area contributed by atoms with Gasteiger partial charge in [-0.15, -0.1) is 0 Å². The number of aromatic nitrogens is 3. The van der Waals surface area contributed by atoms with Crippen molar-refractivity contribution in [1.29, 1.82) is 0 Å². The topological polar surface area (TPSA) is 103 Å². The molecule has 0 aliphatic carbocycles. The SMILES string of the molecule is Nc1cc(C(F)(F)F)c(-c2cc(N3CCOCC3)nc(N)n2)cn1. The van der Waals surface area contributed by atoms with Crippen molar-refractivity contribution in [1.82, 2.24) is 15.0 Å². The van der Waals surface area contributed by atoms with Crippen molar-refractivity contribution in [2.24, 2.45) is 0 Å². The van der Waals surface area contributed by atoms with E-state index in [-0.39, 0.29) is 23.0 Å². The van der Waals surface area contributed by atoms with Gasteiger partial charge in [0.1, 0.15) is 11.6 Å². The van der Waals surface area contributed by atoms with Gasteiger partial charge in [-0.25, -0.2) is 9.97 Å². The molecule has 2 aromatic rings. The van der Waals surface area contributed by atoms with Gasteiger partial charge in [-0.1, -0.05) is 0 Å². The Morgan fingerprint density at radius 1 is 1.08 bits per heavy atom. The molecule has 4 N–H and O–H groups in total. The summed E-state index contributed by atoms with van der Waals surface area (Å²) >= 11 is 0. The van der Waals surface area contributed by atoms with Crippen molar-refractivity contribution >= 4 is 17.6 Å². The molecular weight excluding hydrogens is 325 g/mol. The summed E-state index contributed by atoms with van der Waals surface area (Å²) in [4.78, 5) is 13.7. The molecule has 0 spiro atoms. The number of nitrogens with zero attached hydrogens (tertiary/aromatic N) is 4. The Bertz CT molecular complexity index is 746. The average Bonchev–Trinajstić information content (AvgIpc) is 2.54. The van der Waals surface area contributed by atoms with Gasteiger partial charge in [-0.3, -0.25) is 0 Å². The fraction of sp³-hybridized carbons (Fsp3) is 0.357. The quantitative estimate of drug-likeness (QED) is 0.855. The molecule has 0 amide bonds. The van der Waals surface area contributed by atoms with Gasteiger partial charge in [0.05, 0.1) is 24.5 Å². The molecular formula is C14H15F3N6O. The fourth-order valence-electron chi connectivity index (χ4n) is 2.46. The number of rotatable bonds is 2. The molecule has 0 aromatic carbocycles. The summed E-state index contributed by atoms with van der Waals surface area (Å²) in [6.07, 6.45) is -3.55. The van der Waals surface area contributed by atoms with Crippen molar-refractivity contribution in [3.05, 3.63) is 23.9 Å². The van der Waals surface area contributed by atoms with Crippen LogP contribution in [0, 0.1) is 0 Å². The van der Waals surface area contributed by atoms with Crippen LogP contribution < -0.4 is 16.4 Å². The highest BCUT2D eigenvalue weighted by Gasteiger charge is 2.35. The van der Waals surface area contributed by atoms with E-state index < -0.39 is 11.7 Å². The van der Waals surface area contributed by atoms with Gasteiger partial charge in [0, 0.05) is 30.9 Å². The number of nitrogen functional groups attached to an aromatic ring is 2. The second-order valence-corrected chi connectivity index (χ2v) is 5.22. The molecule has 0 saturated carbocycles. The molecule has 1 aliphatic rings. The van der Waals surface area contributed by atoms with Crippen LogP contribution in [0.25, 0.3) is 11.3 Å². The fourth-order valence-corrected chi connectivity index (χ4v) is 2.46. The minimum absolute atomic E-state index is 0.0452. The lowest BCUT2D eigenvalue weighted by atomic mass is 10.1. The van der Waals surface area contributed by atoms with E-state index in [9.17, 15) is 13.2 Å². The van der Waals surface area contributed by atoms with Gasteiger partial charge in [0.15, 0.2) is 0 Å². The highest BCUT2D eigenvalue weighted by molar-refractivity contribution is 5.69. The van der Waals surface area contributed by atoms with Gasteiger partial charge >= 0.3 is 6.18 Å². The second-order valence-electron chi connectivity index (χ2n) is 5.22. The minimum atomic E-state index is -4.59. The maximum absolute atomic E-state index is 13.3. The van der Waals surface area contributed by atoms with Gasteiger partial charge in [-0.05, 0) is 6.07 Å². The summed E-state index contributed by atoms with van der Waals surface area (Å²) in [5.74, 6) is 0.117. The van der Waals surface area contributed by atoms with E-state index in [4.69, 9.17) is 16.2 Å². The average molecular weight is 340 g/mol. The predicted octanol–water partition coefficient (Wildman–Crippen LogP) is 1.56. The lowest BCUT2D eigenvalue weighted by Crippen LogP contribution is -2.36. The van der Waals surface area contributed by atoms with E-state index >= 15 is 0 Å². The van der Waals surface area contributed by atoms with Crippen LogP contribution in [-0.4, -0.2) is 41.3 Å². The molecule has 2 aromatic heterocycles. The van der Waals surface area contributed by atoms with Crippen molar-refractivity contribution in [2.45, 2.75) is 6.18 Å². The molecule has 1 saturated heterocycles. The molecule has 1 fully saturated rings. The number of morpholine rings is 1. The first-order valence-electron chi connectivity index (χ1n) is 7.15. The van der Waals surface area contributed by atoms with Crippen molar-refractivity contribution in [3.63, 3.8) is 0 Å². The largest absolute Gasteiger partial charge is 0.417 e. The van der Waals surface area contributed by atoms with Crippen LogP contribution in [-0.2, 0) is 10.9 Å². The molecule has 0 unspecified atom stereocenters. The summed E-state index contributed by atoms with van der Waals surface area (Å²) in [5, 5.41) is 0. The van der Waals surface area contributed by atoms with E-state index in [2.05, 4.69) is 15.0 Å². The van der Waals surface area contributed by atoms with E-state index in [1.807, 2.05) is 4.90 Å². The van der Waals surface area contributed by atoms with Crippen molar-refractivity contribution in [3.8, 4) is 11.3 Å². The predicted molar refractivity (Wildman–Crippen MR) is 82.1 cm³/mol. The van der Waals surface area contributed by atoms with Crippen LogP contribution in [0.15, 0.2) is 18.3 Å². The van der Waals surface area contributed by atoms with Crippen LogP contribution >= 0.6 is 0 Å². The number of pyridine rings is 1. The third-order valence-corrected chi connectivity index (χ3v) is 3.57. The van der Waals surface area contributed by atoms with E-state index in [0.717, 1.165) is 12.3 Å². The smallest absolute Gasteiger partial charge is 0.384 e. The Morgan fingerprint density at radius 2 is 1.79 bits per heavy atom. The highest BCUT2D eigenvalue weighted by Crippen LogP contribution is 2.37. The molecule has 7 nitrogen and oxygen atoms in total. The third kappa shape index (κ3) is 3.32. The van der Waals surface area contributed by atoms with Crippen LogP contribution in [0.3, 0.4) is 0 Å². The minimum Gasteiger partial charge on any atom is -0.384 e. The first-order valence-corrected chi connectivity index (χ1v) is 7.15. The lowest BCUT2D eigenvalue weighted by Gasteiger charge is -2.28. The maximum Gasteiger partial charge on any atom is 0.417 e.